The molecule has 11 heteroatoms. The third-order valence-electron chi connectivity index (χ3n) is 5.53. The molecule has 1 aromatic rings. The predicted molar refractivity (Wildman–Crippen MR) is 134 cm³/mol. The van der Waals surface area contributed by atoms with E-state index in [-0.39, 0.29) is 35.3 Å². The summed E-state index contributed by atoms with van der Waals surface area (Å²) in [5.41, 5.74) is 10.2. The standard InChI is InChI=1S/C19H29N3O5.C5H13N3/c1-11(2)9-14(21-17(25)13-7-5-4-6-8-13)19-22-16(12(3)27-19)18(26)20-10-15(23)24;1-2-3-4-8-5(6)7/h11,13-14H,4-10H2,1-3H3,(H,20,26)(H,21,25)(H,23,24);2-4H2,1H3,(H4,6,7,8). The molecule has 2 amide bonds. The minimum atomic E-state index is -1.14. The summed E-state index contributed by atoms with van der Waals surface area (Å²) in [5.74, 6) is -0.652. The van der Waals surface area contributed by atoms with Crippen LogP contribution in [0.4, 0.5) is 0 Å². The Labute approximate surface area is 207 Å². The van der Waals surface area contributed by atoms with Crippen LogP contribution >= 0.6 is 0 Å². The van der Waals surface area contributed by atoms with Crippen LogP contribution in [0.25, 0.3) is 0 Å². The molecule has 0 spiro atoms. The van der Waals surface area contributed by atoms with Gasteiger partial charge in [0.2, 0.25) is 11.8 Å². The summed E-state index contributed by atoms with van der Waals surface area (Å²) in [6.45, 7) is 8.04. The topological polar surface area (TPSA) is 186 Å². The smallest absolute Gasteiger partial charge is 0.322 e. The first kappa shape index (κ1) is 29.9. The van der Waals surface area contributed by atoms with Crippen LogP contribution in [0.5, 0.6) is 0 Å². The Balaban J connectivity index is 0.000000658. The number of nitrogens with one attached hydrogen (secondary N) is 2. The zero-order chi connectivity index (χ0) is 26.4. The molecule has 2 rings (SSSR count). The Bertz CT molecular complexity index is 841. The van der Waals surface area contributed by atoms with Crippen LogP contribution < -0.4 is 22.1 Å². The van der Waals surface area contributed by atoms with Gasteiger partial charge in [-0.25, -0.2) is 4.98 Å². The lowest BCUT2D eigenvalue weighted by Crippen LogP contribution is -2.35. The number of nitrogens with zero attached hydrogens (tertiary/aromatic N) is 2. The summed E-state index contributed by atoms with van der Waals surface area (Å²) in [6.07, 6.45) is 7.94. The molecule has 35 heavy (non-hydrogen) atoms. The van der Waals surface area contributed by atoms with Crippen molar-refractivity contribution in [3.8, 4) is 0 Å². The number of aliphatic imine (C=N–C) groups is 1. The SMILES string of the molecule is CCCCN=C(N)N.Cc1oc(C(CC(C)C)NC(=O)C2CCCCC2)nc1C(=O)NCC(=O)O. The largest absolute Gasteiger partial charge is 0.480 e. The maximum absolute atomic E-state index is 12.6. The van der Waals surface area contributed by atoms with Crippen molar-refractivity contribution in [2.75, 3.05) is 13.1 Å². The lowest BCUT2D eigenvalue weighted by atomic mass is 9.88. The molecule has 0 aromatic carbocycles. The van der Waals surface area contributed by atoms with Gasteiger partial charge in [-0.1, -0.05) is 46.5 Å². The van der Waals surface area contributed by atoms with Crippen LogP contribution in [0.15, 0.2) is 9.41 Å². The number of carbonyl (C=O) groups excluding carboxylic acids is 2. The van der Waals surface area contributed by atoms with E-state index in [4.69, 9.17) is 21.0 Å². The molecule has 0 aliphatic heterocycles. The van der Waals surface area contributed by atoms with Crippen molar-refractivity contribution in [1.29, 1.82) is 0 Å². The van der Waals surface area contributed by atoms with Crippen LogP contribution in [-0.2, 0) is 9.59 Å². The highest BCUT2D eigenvalue weighted by molar-refractivity contribution is 5.94. The number of carboxylic acids is 1. The quantitative estimate of drug-likeness (QED) is 0.176. The Morgan fingerprint density at radius 2 is 1.86 bits per heavy atom. The second-order valence-corrected chi connectivity index (χ2v) is 9.22. The van der Waals surface area contributed by atoms with Crippen molar-refractivity contribution in [2.45, 2.75) is 85.1 Å². The minimum absolute atomic E-state index is 0.00748. The van der Waals surface area contributed by atoms with Gasteiger partial charge in [0.1, 0.15) is 18.3 Å². The molecule has 0 saturated heterocycles. The van der Waals surface area contributed by atoms with Gasteiger partial charge < -0.3 is 31.6 Å². The molecule has 1 heterocycles. The molecule has 198 valence electrons. The van der Waals surface area contributed by atoms with E-state index in [2.05, 4.69) is 27.5 Å². The van der Waals surface area contributed by atoms with E-state index in [1.165, 1.54) is 6.42 Å². The van der Waals surface area contributed by atoms with Crippen LogP contribution in [-0.4, -0.2) is 46.9 Å². The van der Waals surface area contributed by atoms with Crippen molar-refractivity contribution in [1.82, 2.24) is 15.6 Å². The molecule has 0 radical (unpaired) electrons. The number of nitrogens with two attached hydrogens (primary N) is 2. The van der Waals surface area contributed by atoms with Crippen molar-refractivity contribution in [3.63, 3.8) is 0 Å². The number of amides is 2. The highest BCUT2D eigenvalue weighted by Gasteiger charge is 2.28. The Kier molecular flexibility index (Phi) is 13.4. The fourth-order valence-corrected chi connectivity index (χ4v) is 3.73. The van der Waals surface area contributed by atoms with E-state index >= 15 is 0 Å². The second kappa shape index (κ2) is 15.7. The van der Waals surface area contributed by atoms with Crippen LogP contribution in [0, 0.1) is 18.8 Å². The number of aromatic nitrogens is 1. The maximum atomic E-state index is 12.6. The van der Waals surface area contributed by atoms with Crippen molar-refractivity contribution in [3.05, 3.63) is 17.3 Å². The van der Waals surface area contributed by atoms with Crippen molar-refractivity contribution in [2.24, 2.45) is 28.3 Å². The van der Waals surface area contributed by atoms with Crippen LogP contribution in [0.2, 0.25) is 0 Å². The van der Waals surface area contributed by atoms with Gasteiger partial charge >= 0.3 is 5.97 Å². The van der Waals surface area contributed by atoms with Gasteiger partial charge in [-0.2, -0.15) is 0 Å². The van der Waals surface area contributed by atoms with Gasteiger partial charge in [-0.05, 0) is 38.5 Å². The fourth-order valence-electron chi connectivity index (χ4n) is 3.73. The van der Waals surface area contributed by atoms with E-state index in [9.17, 15) is 14.4 Å². The number of aliphatic carboxylic acids is 1. The van der Waals surface area contributed by atoms with E-state index in [0.29, 0.717) is 12.2 Å². The van der Waals surface area contributed by atoms with Gasteiger partial charge in [-0.15, -0.1) is 0 Å². The number of carboxylic acid groups (broad SMARTS) is 1. The van der Waals surface area contributed by atoms with E-state index < -0.39 is 24.5 Å². The van der Waals surface area contributed by atoms with Gasteiger partial charge in [0, 0.05) is 12.5 Å². The first-order chi connectivity index (χ1) is 16.5. The Morgan fingerprint density at radius 3 is 2.40 bits per heavy atom. The summed E-state index contributed by atoms with van der Waals surface area (Å²) in [5, 5.41) is 14.0. The molecule has 1 saturated carbocycles. The number of rotatable bonds is 11. The first-order valence-corrected chi connectivity index (χ1v) is 12.4. The lowest BCUT2D eigenvalue weighted by Gasteiger charge is -2.24. The average molecular weight is 495 g/mol. The maximum Gasteiger partial charge on any atom is 0.322 e. The zero-order valence-electron chi connectivity index (χ0n) is 21.4. The third kappa shape index (κ3) is 11.7. The molecule has 1 atom stereocenters. The average Bonchev–Trinajstić information content (AvgIpc) is 3.19. The first-order valence-electron chi connectivity index (χ1n) is 12.4. The number of carbonyl (C=O) groups is 3. The monoisotopic (exact) mass is 494 g/mol. The van der Waals surface area contributed by atoms with Gasteiger partial charge in [-0.3, -0.25) is 19.4 Å². The number of guanidine groups is 1. The summed E-state index contributed by atoms with van der Waals surface area (Å²) < 4.78 is 5.66. The molecule has 11 nitrogen and oxygen atoms in total. The lowest BCUT2D eigenvalue weighted by molar-refractivity contribution is -0.135. The van der Waals surface area contributed by atoms with Crippen LogP contribution in [0.3, 0.4) is 0 Å². The summed E-state index contributed by atoms with van der Waals surface area (Å²) in [6, 6.07) is -0.417. The number of oxazole rings is 1. The second-order valence-electron chi connectivity index (χ2n) is 9.22. The molecule has 1 unspecified atom stereocenters. The number of hydrogen-bond acceptors (Lipinski definition) is 6. The molecule has 0 bridgehead atoms. The van der Waals surface area contributed by atoms with Crippen molar-refractivity contribution < 1.29 is 23.9 Å². The Hall–Kier alpha value is -3.11. The molecule has 1 fully saturated rings. The molecule has 1 aromatic heterocycles. The predicted octanol–water partition coefficient (Wildman–Crippen LogP) is 2.64. The van der Waals surface area contributed by atoms with E-state index in [1.54, 1.807) is 6.92 Å². The van der Waals surface area contributed by atoms with Gasteiger partial charge in [0.05, 0.1) is 0 Å². The molecular weight excluding hydrogens is 452 g/mol. The summed E-state index contributed by atoms with van der Waals surface area (Å²) in [4.78, 5) is 43.4. The highest BCUT2D eigenvalue weighted by Crippen LogP contribution is 2.27. The molecule has 1 aliphatic carbocycles. The fraction of sp³-hybridized carbons (Fsp3) is 0.708. The third-order valence-corrected chi connectivity index (χ3v) is 5.53. The van der Waals surface area contributed by atoms with Gasteiger partial charge in [0.15, 0.2) is 11.7 Å². The van der Waals surface area contributed by atoms with Gasteiger partial charge in [0.25, 0.3) is 5.91 Å². The molecule has 7 N–H and O–H groups in total. The normalized spacial score (nSPS) is 14.4. The molecular formula is C24H42N6O5. The number of hydrogen-bond donors (Lipinski definition) is 5. The zero-order valence-corrected chi connectivity index (χ0v) is 21.4. The number of aryl methyl sites for hydroxylation is 1. The Morgan fingerprint density at radius 1 is 1.20 bits per heavy atom. The summed E-state index contributed by atoms with van der Waals surface area (Å²) in [7, 11) is 0. The molecule has 1 aliphatic rings. The van der Waals surface area contributed by atoms with E-state index in [0.717, 1.165) is 45.1 Å². The summed E-state index contributed by atoms with van der Waals surface area (Å²) >= 11 is 0. The van der Waals surface area contributed by atoms with E-state index in [1.807, 2.05) is 13.8 Å². The number of unbranched alkanes of at least 4 members (excludes halogenated alkanes) is 1. The highest BCUT2D eigenvalue weighted by atomic mass is 16.4. The van der Waals surface area contributed by atoms with Crippen LogP contribution in [0.1, 0.15) is 100 Å². The minimum Gasteiger partial charge on any atom is -0.480 e. The van der Waals surface area contributed by atoms with Crippen molar-refractivity contribution >= 4 is 23.7 Å².